The number of carbonyl (C=O) groups excluding carboxylic acids is 2. The van der Waals surface area contributed by atoms with Crippen molar-refractivity contribution in [2.45, 2.75) is 58.8 Å². The van der Waals surface area contributed by atoms with Gasteiger partial charge in [-0.05, 0) is 53.6 Å². The number of amides is 1. The Bertz CT molecular complexity index is 1930. The van der Waals surface area contributed by atoms with Gasteiger partial charge in [-0.15, -0.1) is 30.4 Å². The molecule has 0 saturated carbocycles. The van der Waals surface area contributed by atoms with E-state index >= 15 is 0 Å². The van der Waals surface area contributed by atoms with Gasteiger partial charge in [0.2, 0.25) is 0 Å². The number of benzene rings is 3. The third-order valence-electron chi connectivity index (χ3n) is 7.79. The summed E-state index contributed by atoms with van der Waals surface area (Å²) in [7, 11) is 1.54. The first-order chi connectivity index (χ1) is 27.0. The highest BCUT2D eigenvalue weighted by atomic mass is 35.5. The molecule has 1 amide bonds. The number of aromatic nitrogens is 2. The smallest absolute Gasteiger partial charge is 0.445 e. The fraction of sp³-hybridized carbons (Fsp3) is 0.333. The molecule has 0 aliphatic rings. The fourth-order valence-corrected chi connectivity index (χ4v) is 5.32. The number of hydrazine groups is 1. The highest BCUT2D eigenvalue weighted by Crippen LogP contribution is 2.26. The summed E-state index contributed by atoms with van der Waals surface area (Å²) in [6.45, 7) is 2.81. The summed E-state index contributed by atoms with van der Waals surface area (Å²) in [6.07, 6.45) is 2.41. The molecule has 1 aromatic heterocycles. The van der Waals surface area contributed by atoms with Gasteiger partial charge in [-0.1, -0.05) is 85.6 Å². The second-order valence-corrected chi connectivity index (χ2v) is 12.0. The molecule has 1 heterocycles. The minimum absolute atomic E-state index is 0.00745. The van der Waals surface area contributed by atoms with Crippen LogP contribution in [0.4, 0.5) is 4.79 Å². The average molecular weight is 799 g/mol. The van der Waals surface area contributed by atoms with Crippen LogP contribution in [0.25, 0.3) is 11.1 Å². The Hall–Kier alpha value is -6.47. The summed E-state index contributed by atoms with van der Waals surface area (Å²) in [4.78, 5) is 55.9. The number of ether oxygens (including phenoxy) is 3. The fourth-order valence-electron chi connectivity index (χ4n) is 5.07. The molecule has 0 aliphatic heterocycles. The molecule has 300 valence electrons. The Morgan fingerprint density at radius 3 is 2.36 bits per heavy atom. The lowest BCUT2D eigenvalue weighted by Crippen LogP contribution is -2.36. The summed E-state index contributed by atoms with van der Waals surface area (Å²) < 4.78 is 16.9. The number of aryl methyl sites for hydroxylation is 1. The van der Waals surface area contributed by atoms with Crippen molar-refractivity contribution < 1.29 is 43.6 Å². The molecule has 0 aliphatic carbocycles. The van der Waals surface area contributed by atoms with Gasteiger partial charge in [0.05, 0.1) is 26.0 Å². The lowest BCUT2D eigenvalue weighted by molar-refractivity contribution is -0.763. The van der Waals surface area contributed by atoms with Crippen molar-refractivity contribution in [2.24, 2.45) is 16.7 Å². The van der Waals surface area contributed by atoms with Crippen molar-refractivity contribution >= 4 is 30.0 Å². The molecule has 0 spiro atoms. The second kappa shape index (κ2) is 23.3. The maximum absolute atomic E-state index is 12.2. The van der Waals surface area contributed by atoms with Crippen molar-refractivity contribution in [1.29, 1.82) is 0 Å². The minimum Gasteiger partial charge on any atom is -0.497 e. The van der Waals surface area contributed by atoms with Crippen LogP contribution < -0.4 is 16.3 Å². The zero-order valence-electron chi connectivity index (χ0n) is 30.8. The van der Waals surface area contributed by atoms with Crippen LogP contribution in [0.5, 0.6) is 5.75 Å². The van der Waals surface area contributed by atoms with Gasteiger partial charge < -0.3 is 34.2 Å². The quantitative estimate of drug-likeness (QED) is 0.0152. The van der Waals surface area contributed by atoms with Crippen LogP contribution in [0.1, 0.15) is 60.8 Å². The van der Waals surface area contributed by atoms with Gasteiger partial charge in [-0.3, -0.25) is 4.79 Å². The normalized spacial score (nSPS) is 10.8. The number of nitrogens with zero attached hydrogens (tertiary/aromatic N) is 6. The highest BCUT2D eigenvalue weighted by molar-refractivity contribution is 6.30. The van der Waals surface area contributed by atoms with Gasteiger partial charge >= 0.3 is 6.09 Å². The standard InChI is InChI=1S/C28H34ClN7O7.C8H9NO4/c1-2-3-10-25-32-26(29)24(18-41-19-37)34(25)17-20-11-13-21(14-12-20)22-8-4-5-9-23(22)27(30)33-35(31)28(38)42-15-6-7-16-43-36(39)40;1-12-8-4-2-3-7(5-8)6-13-9(10)11/h4-5,8-9,11-14,19H,2-3,6-7,10,15-18,31H2,1H3,(H2,30,33);2-5H,6H2,1H3. The summed E-state index contributed by atoms with van der Waals surface area (Å²) in [5.41, 5.74) is 10.7. The van der Waals surface area contributed by atoms with Crippen LogP contribution >= 0.6 is 11.6 Å². The van der Waals surface area contributed by atoms with E-state index in [4.69, 9.17) is 37.4 Å². The molecule has 0 unspecified atom stereocenters. The monoisotopic (exact) mass is 798 g/mol. The van der Waals surface area contributed by atoms with Crippen molar-refractivity contribution in [3.63, 3.8) is 0 Å². The second-order valence-electron chi connectivity index (χ2n) is 11.7. The summed E-state index contributed by atoms with van der Waals surface area (Å²) in [6, 6.07) is 22.0. The van der Waals surface area contributed by atoms with Crippen LogP contribution in [0.3, 0.4) is 0 Å². The lowest BCUT2D eigenvalue weighted by atomic mass is 9.98. The van der Waals surface area contributed by atoms with E-state index in [2.05, 4.69) is 26.7 Å². The molecule has 0 fully saturated rings. The summed E-state index contributed by atoms with van der Waals surface area (Å²) in [5.74, 6) is 7.21. The number of methoxy groups -OCH3 is 1. The molecule has 3 aromatic carbocycles. The predicted molar refractivity (Wildman–Crippen MR) is 203 cm³/mol. The van der Waals surface area contributed by atoms with E-state index in [1.807, 2.05) is 41.0 Å². The SMILES string of the molecule is CCCCc1nc(Cl)c(COC=O)n1Cc1ccc(-c2ccccc2/C(N)=N/N(N)C(=O)OCCCCO[N+](=O)[O-])cc1.COc1cccc(CO[N+](=O)[O-])c1. The first kappa shape index (κ1) is 43.9. The molecular weight excluding hydrogens is 756 g/mol. The molecular formula is C36H43ClN8O11. The van der Waals surface area contributed by atoms with Crippen LogP contribution in [0.15, 0.2) is 77.9 Å². The number of imidazole rings is 1. The number of unbranched alkanes of at least 4 members (excludes halogenated alkanes) is 2. The van der Waals surface area contributed by atoms with Crippen molar-refractivity contribution in [2.75, 3.05) is 20.3 Å². The lowest BCUT2D eigenvalue weighted by Gasteiger charge is -2.15. The van der Waals surface area contributed by atoms with E-state index in [-0.39, 0.29) is 32.3 Å². The molecule has 0 bridgehead atoms. The number of amidine groups is 1. The first-order valence-electron chi connectivity index (χ1n) is 17.2. The summed E-state index contributed by atoms with van der Waals surface area (Å²) in [5, 5.41) is 23.1. The maximum Gasteiger partial charge on any atom is 0.445 e. The molecule has 4 N–H and O–H groups in total. The average Bonchev–Trinajstić information content (AvgIpc) is 3.49. The third kappa shape index (κ3) is 14.4. The van der Waals surface area contributed by atoms with Gasteiger partial charge in [-0.2, -0.15) is 0 Å². The number of nitrogens with two attached hydrogens (primary N) is 2. The van der Waals surface area contributed by atoms with Gasteiger partial charge in [0.15, 0.2) is 11.0 Å². The highest BCUT2D eigenvalue weighted by Gasteiger charge is 2.18. The Labute approximate surface area is 326 Å². The van der Waals surface area contributed by atoms with Crippen LogP contribution in [-0.2, 0) is 50.1 Å². The maximum atomic E-state index is 12.2. The third-order valence-corrected chi connectivity index (χ3v) is 8.09. The molecule has 0 atom stereocenters. The van der Waals surface area contributed by atoms with Crippen LogP contribution in [-0.4, -0.2) is 63.6 Å². The zero-order valence-corrected chi connectivity index (χ0v) is 31.5. The van der Waals surface area contributed by atoms with E-state index in [0.717, 1.165) is 41.8 Å². The Morgan fingerprint density at radius 1 is 0.964 bits per heavy atom. The number of hydrazone groups is 1. The zero-order chi connectivity index (χ0) is 40.9. The first-order valence-corrected chi connectivity index (χ1v) is 17.6. The molecule has 4 aromatic rings. The molecule has 19 nitrogen and oxygen atoms in total. The Morgan fingerprint density at radius 2 is 1.68 bits per heavy atom. The number of hydrogen-bond donors (Lipinski definition) is 2. The van der Waals surface area contributed by atoms with Gasteiger partial charge in [0.25, 0.3) is 16.6 Å². The number of hydrogen-bond acceptors (Lipinski definition) is 14. The molecule has 0 saturated heterocycles. The van der Waals surface area contributed by atoms with Crippen molar-refractivity contribution in [3.8, 4) is 16.9 Å². The van der Waals surface area contributed by atoms with E-state index in [1.165, 1.54) is 7.11 Å². The minimum atomic E-state index is -0.934. The Kier molecular flexibility index (Phi) is 18.3. The van der Waals surface area contributed by atoms with Gasteiger partial charge in [-0.25, -0.2) is 15.6 Å². The molecule has 0 radical (unpaired) electrons. The predicted octanol–water partition coefficient (Wildman–Crippen LogP) is 5.59. The van der Waals surface area contributed by atoms with Crippen LogP contribution in [0.2, 0.25) is 5.15 Å². The molecule has 4 rings (SSSR count). The summed E-state index contributed by atoms with van der Waals surface area (Å²) >= 11 is 6.37. The van der Waals surface area contributed by atoms with Crippen LogP contribution in [0, 0.1) is 20.2 Å². The number of halogens is 1. The van der Waals surface area contributed by atoms with Gasteiger partial charge in [0, 0.05) is 18.5 Å². The van der Waals surface area contributed by atoms with E-state index < -0.39 is 16.3 Å². The Balaban J connectivity index is 0.000000546. The van der Waals surface area contributed by atoms with E-state index in [1.54, 1.807) is 36.4 Å². The van der Waals surface area contributed by atoms with E-state index in [0.29, 0.717) is 58.7 Å². The number of carbonyl (C=O) groups is 2. The van der Waals surface area contributed by atoms with Crippen molar-refractivity contribution in [1.82, 2.24) is 14.7 Å². The molecule has 56 heavy (non-hydrogen) atoms. The topological polar surface area (TPSA) is 252 Å². The largest absolute Gasteiger partial charge is 0.497 e. The molecule has 20 heteroatoms. The number of rotatable bonds is 21. The van der Waals surface area contributed by atoms with Crippen molar-refractivity contribution in [3.05, 3.63) is 126 Å². The van der Waals surface area contributed by atoms with Gasteiger partial charge in [0.1, 0.15) is 24.8 Å². The van der Waals surface area contributed by atoms with E-state index in [9.17, 15) is 29.8 Å².